The topological polar surface area (TPSA) is 63.6 Å². The van der Waals surface area contributed by atoms with E-state index in [1.807, 2.05) is 31.2 Å². The Hall–Kier alpha value is -2.10. The number of ketones is 1. The molecule has 0 saturated heterocycles. The summed E-state index contributed by atoms with van der Waals surface area (Å²) in [6, 6.07) is 7.46. The van der Waals surface area contributed by atoms with Gasteiger partial charge in [0.15, 0.2) is 5.78 Å². The van der Waals surface area contributed by atoms with Crippen LogP contribution in [0.1, 0.15) is 18.1 Å². The molecular weight excluding hydrogens is 232 g/mol. The molecule has 0 aliphatic carbocycles. The Bertz CT molecular complexity index is 474. The number of aryl methyl sites for hydroxylation is 1. The van der Waals surface area contributed by atoms with Crippen molar-refractivity contribution in [3.05, 3.63) is 47.2 Å². The molecule has 0 amide bonds. The second-order valence-electron chi connectivity index (χ2n) is 3.82. The molecule has 0 fully saturated rings. The molecule has 0 saturated carbocycles. The Morgan fingerprint density at radius 1 is 1.33 bits per heavy atom. The molecule has 0 heterocycles. The van der Waals surface area contributed by atoms with Gasteiger partial charge < -0.3 is 9.84 Å². The monoisotopic (exact) mass is 248 g/mol. The van der Waals surface area contributed by atoms with Gasteiger partial charge in [-0.2, -0.15) is 0 Å². The van der Waals surface area contributed by atoms with Crippen LogP contribution in [0.5, 0.6) is 0 Å². The maximum atomic E-state index is 11.6. The van der Waals surface area contributed by atoms with Crippen molar-refractivity contribution in [2.24, 2.45) is 0 Å². The molecule has 0 aliphatic heterocycles. The van der Waals surface area contributed by atoms with Crippen molar-refractivity contribution in [3.8, 4) is 0 Å². The van der Waals surface area contributed by atoms with Crippen LogP contribution in [0, 0.1) is 6.92 Å². The first-order chi connectivity index (χ1) is 8.54. The Labute approximate surface area is 106 Å². The Balaban J connectivity index is 2.70. The lowest BCUT2D eigenvalue weighted by Gasteiger charge is -2.03. The molecule has 18 heavy (non-hydrogen) atoms. The number of esters is 1. The minimum absolute atomic E-state index is 0.149. The summed E-state index contributed by atoms with van der Waals surface area (Å²) in [6.45, 7) is 3.68. The fourth-order valence-corrected chi connectivity index (χ4v) is 1.46. The number of carbonyl (C=O) groups is 2. The van der Waals surface area contributed by atoms with E-state index in [0.717, 1.165) is 17.2 Å². The van der Waals surface area contributed by atoms with Gasteiger partial charge in [-0.1, -0.05) is 24.3 Å². The van der Waals surface area contributed by atoms with Crippen LogP contribution in [0.3, 0.4) is 0 Å². The average molecular weight is 248 g/mol. The average Bonchev–Trinajstić information content (AvgIpc) is 2.32. The van der Waals surface area contributed by atoms with Gasteiger partial charge in [0.2, 0.25) is 5.76 Å². The number of carbonyl (C=O) groups excluding carboxylic acids is 2. The van der Waals surface area contributed by atoms with Crippen molar-refractivity contribution in [3.63, 3.8) is 0 Å². The molecule has 0 spiro atoms. The highest BCUT2D eigenvalue weighted by Crippen LogP contribution is 2.09. The van der Waals surface area contributed by atoms with Crippen LogP contribution in [0.2, 0.25) is 0 Å². The van der Waals surface area contributed by atoms with E-state index in [2.05, 4.69) is 4.74 Å². The highest BCUT2D eigenvalue weighted by molar-refractivity contribution is 5.98. The van der Waals surface area contributed by atoms with Crippen molar-refractivity contribution in [1.29, 1.82) is 0 Å². The van der Waals surface area contributed by atoms with E-state index in [1.54, 1.807) is 6.92 Å². The maximum absolute atomic E-state index is 11.6. The summed E-state index contributed by atoms with van der Waals surface area (Å²) in [5, 5.41) is 9.33. The maximum Gasteiger partial charge on any atom is 0.373 e. The molecule has 0 unspecified atom stereocenters. The molecular formula is C14H16O4. The van der Waals surface area contributed by atoms with E-state index < -0.39 is 11.7 Å². The normalized spacial score (nSPS) is 11.1. The van der Waals surface area contributed by atoms with Crippen LogP contribution in [0.15, 0.2) is 36.1 Å². The molecule has 4 heteroatoms. The van der Waals surface area contributed by atoms with Crippen molar-refractivity contribution in [1.82, 2.24) is 0 Å². The number of rotatable bonds is 5. The van der Waals surface area contributed by atoms with E-state index in [-0.39, 0.29) is 18.8 Å². The number of hydrogen-bond acceptors (Lipinski definition) is 4. The number of hydrogen-bond donors (Lipinski definition) is 1. The molecule has 96 valence electrons. The predicted molar refractivity (Wildman–Crippen MR) is 67.2 cm³/mol. The smallest absolute Gasteiger partial charge is 0.373 e. The zero-order chi connectivity index (χ0) is 13.5. The van der Waals surface area contributed by atoms with Crippen LogP contribution < -0.4 is 0 Å². The third-order valence-corrected chi connectivity index (χ3v) is 2.41. The summed E-state index contributed by atoms with van der Waals surface area (Å²) in [6.07, 6.45) is 1.06. The highest BCUT2D eigenvalue weighted by atomic mass is 16.5. The van der Waals surface area contributed by atoms with E-state index in [4.69, 9.17) is 0 Å². The lowest BCUT2D eigenvalue weighted by Crippen LogP contribution is -2.10. The van der Waals surface area contributed by atoms with Gasteiger partial charge in [0, 0.05) is 12.5 Å². The van der Waals surface area contributed by atoms with Crippen LogP contribution in [-0.4, -0.2) is 23.5 Å². The molecule has 0 bridgehead atoms. The molecule has 0 aliphatic rings. The third kappa shape index (κ3) is 4.05. The van der Waals surface area contributed by atoms with Gasteiger partial charge in [-0.3, -0.25) is 4.79 Å². The highest BCUT2D eigenvalue weighted by Gasteiger charge is 2.11. The van der Waals surface area contributed by atoms with Crippen LogP contribution in [-0.2, 0) is 20.7 Å². The van der Waals surface area contributed by atoms with Gasteiger partial charge in [-0.15, -0.1) is 0 Å². The summed E-state index contributed by atoms with van der Waals surface area (Å²) >= 11 is 0. The Kier molecular flexibility index (Phi) is 5.11. The van der Waals surface area contributed by atoms with E-state index in [1.165, 1.54) is 0 Å². The second-order valence-corrected chi connectivity index (χ2v) is 3.82. The van der Waals surface area contributed by atoms with Crippen LogP contribution in [0.4, 0.5) is 0 Å². The SMILES string of the molecule is CCOC(=O)C(O)=CC(=O)Cc1ccccc1C. The fourth-order valence-electron chi connectivity index (χ4n) is 1.46. The molecule has 1 rings (SSSR count). The number of allylic oxidation sites excluding steroid dienone is 1. The van der Waals surface area contributed by atoms with Gasteiger partial charge in [0.1, 0.15) is 0 Å². The number of aliphatic hydroxyl groups excluding tert-OH is 1. The van der Waals surface area contributed by atoms with Crippen molar-refractivity contribution in [2.75, 3.05) is 6.61 Å². The molecule has 4 nitrogen and oxygen atoms in total. The molecule has 1 N–H and O–H groups in total. The van der Waals surface area contributed by atoms with Gasteiger partial charge in [-0.25, -0.2) is 4.79 Å². The van der Waals surface area contributed by atoms with Crippen molar-refractivity contribution < 1.29 is 19.4 Å². The van der Waals surface area contributed by atoms with Crippen molar-refractivity contribution in [2.45, 2.75) is 20.3 Å². The summed E-state index contributed by atoms with van der Waals surface area (Å²) in [4.78, 5) is 22.7. The summed E-state index contributed by atoms with van der Waals surface area (Å²) in [5.41, 5.74) is 1.87. The largest absolute Gasteiger partial charge is 0.502 e. The molecule has 1 aromatic carbocycles. The van der Waals surface area contributed by atoms with Crippen LogP contribution >= 0.6 is 0 Å². The van der Waals surface area contributed by atoms with E-state index in [9.17, 15) is 14.7 Å². The summed E-state index contributed by atoms with van der Waals surface area (Å²) < 4.78 is 4.57. The molecule has 0 radical (unpaired) electrons. The lowest BCUT2D eigenvalue weighted by atomic mass is 10.0. The zero-order valence-corrected chi connectivity index (χ0v) is 10.5. The number of aliphatic hydroxyl groups is 1. The van der Waals surface area contributed by atoms with Gasteiger partial charge in [0.05, 0.1) is 6.61 Å². The molecule has 1 aromatic rings. The van der Waals surface area contributed by atoms with Gasteiger partial charge in [0.25, 0.3) is 0 Å². The van der Waals surface area contributed by atoms with Crippen molar-refractivity contribution >= 4 is 11.8 Å². The minimum atomic E-state index is -0.879. The minimum Gasteiger partial charge on any atom is -0.502 e. The summed E-state index contributed by atoms with van der Waals surface area (Å²) in [5.74, 6) is -1.87. The first-order valence-electron chi connectivity index (χ1n) is 5.69. The van der Waals surface area contributed by atoms with E-state index >= 15 is 0 Å². The lowest BCUT2D eigenvalue weighted by molar-refractivity contribution is -0.141. The fraction of sp³-hybridized carbons (Fsp3) is 0.286. The molecule has 0 aromatic heterocycles. The standard InChI is InChI=1S/C14H16O4/c1-3-18-14(17)13(16)9-12(15)8-11-7-5-4-6-10(11)2/h4-7,9,16H,3,8H2,1-2H3. The van der Waals surface area contributed by atoms with Gasteiger partial charge in [-0.05, 0) is 25.0 Å². The predicted octanol–water partition coefficient (Wildman–Crippen LogP) is 2.11. The molecule has 0 atom stereocenters. The van der Waals surface area contributed by atoms with E-state index in [0.29, 0.717) is 0 Å². The van der Waals surface area contributed by atoms with Gasteiger partial charge >= 0.3 is 5.97 Å². The Morgan fingerprint density at radius 3 is 2.61 bits per heavy atom. The quantitative estimate of drug-likeness (QED) is 0.492. The first-order valence-corrected chi connectivity index (χ1v) is 5.69. The number of benzene rings is 1. The third-order valence-electron chi connectivity index (χ3n) is 2.41. The van der Waals surface area contributed by atoms with Crippen LogP contribution in [0.25, 0.3) is 0 Å². The zero-order valence-electron chi connectivity index (χ0n) is 10.5. The second kappa shape index (κ2) is 6.59. The summed E-state index contributed by atoms with van der Waals surface area (Å²) in [7, 11) is 0. The first kappa shape index (κ1) is 14.0. The Morgan fingerprint density at radius 2 is 2.00 bits per heavy atom. The number of ether oxygens (including phenoxy) is 1.